The number of nitrogens with one attached hydrogen (secondary N) is 1. The molecule has 0 spiro atoms. The molecule has 0 saturated carbocycles. The van der Waals surface area contributed by atoms with Crippen LogP contribution in [0.4, 0.5) is 0 Å². The Morgan fingerprint density at radius 3 is 2.12 bits per heavy atom. The summed E-state index contributed by atoms with van der Waals surface area (Å²) in [5, 5.41) is 3.57. The minimum absolute atomic E-state index is 0.684. The first-order valence-electron chi connectivity index (χ1n) is 6.93. The Morgan fingerprint density at radius 2 is 1.62 bits per heavy atom. The Labute approximate surface area is 102 Å². The van der Waals surface area contributed by atoms with Crippen LogP contribution in [0.1, 0.15) is 41.0 Å². The van der Waals surface area contributed by atoms with Gasteiger partial charge in [-0.2, -0.15) is 0 Å². The summed E-state index contributed by atoms with van der Waals surface area (Å²) >= 11 is 0. The van der Waals surface area contributed by atoms with Gasteiger partial charge in [0.05, 0.1) is 0 Å². The lowest BCUT2D eigenvalue weighted by atomic mass is 9.91. The summed E-state index contributed by atoms with van der Waals surface area (Å²) in [5.41, 5.74) is 0. The minimum atomic E-state index is 0.684. The SMILES string of the molecule is CC(C)CNCC(C)N1CC(C)CC(C)C1. The Kier molecular flexibility index (Phi) is 5.77. The number of hydrogen-bond acceptors (Lipinski definition) is 2. The fraction of sp³-hybridized carbons (Fsp3) is 1.00. The molecule has 0 aromatic rings. The van der Waals surface area contributed by atoms with Gasteiger partial charge in [0.15, 0.2) is 0 Å². The zero-order valence-corrected chi connectivity index (χ0v) is 11.8. The first kappa shape index (κ1) is 14.0. The van der Waals surface area contributed by atoms with Crippen LogP contribution < -0.4 is 5.32 Å². The van der Waals surface area contributed by atoms with Crippen molar-refractivity contribution in [2.24, 2.45) is 17.8 Å². The number of nitrogens with zero attached hydrogens (tertiary/aromatic N) is 1. The normalized spacial score (nSPS) is 29.6. The highest BCUT2D eigenvalue weighted by Crippen LogP contribution is 2.22. The van der Waals surface area contributed by atoms with E-state index in [1.54, 1.807) is 0 Å². The molecule has 16 heavy (non-hydrogen) atoms. The van der Waals surface area contributed by atoms with Crippen LogP contribution >= 0.6 is 0 Å². The van der Waals surface area contributed by atoms with E-state index < -0.39 is 0 Å². The maximum Gasteiger partial charge on any atom is 0.0192 e. The van der Waals surface area contributed by atoms with E-state index in [9.17, 15) is 0 Å². The monoisotopic (exact) mass is 226 g/mol. The second-order valence-electron chi connectivity index (χ2n) is 6.30. The molecule has 0 radical (unpaired) electrons. The quantitative estimate of drug-likeness (QED) is 0.775. The molecule has 1 heterocycles. The van der Waals surface area contributed by atoms with Crippen molar-refractivity contribution in [1.82, 2.24) is 10.2 Å². The summed E-state index contributed by atoms with van der Waals surface area (Å²) < 4.78 is 0. The Morgan fingerprint density at radius 1 is 1.06 bits per heavy atom. The van der Waals surface area contributed by atoms with Crippen molar-refractivity contribution in [2.75, 3.05) is 26.2 Å². The van der Waals surface area contributed by atoms with Crippen molar-refractivity contribution in [3.05, 3.63) is 0 Å². The standard InChI is InChI=1S/C14H30N2/c1-11(2)7-15-8-14(5)16-9-12(3)6-13(4)10-16/h11-15H,6-10H2,1-5H3. The number of likely N-dealkylation sites (tertiary alicyclic amines) is 1. The molecule has 1 fully saturated rings. The van der Waals surface area contributed by atoms with E-state index >= 15 is 0 Å². The van der Waals surface area contributed by atoms with Crippen LogP contribution in [-0.2, 0) is 0 Å². The summed E-state index contributed by atoms with van der Waals surface area (Å²) in [5.74, 6) is 2.50. The van der Waals surface area contributed by atoms with Crippen molar-refractivity contribution < 1.29 is 0 Å². The molecular weight excluding hydrogens is 196 g/mol. The molecule has 1 saturated heterocycles. The maximum atomic E-state index is 3.57. The summed E-state index contributed by atoms with van der Waals surface area (Å²) in [6.45, 7) is 16.5. The van der Waals surface area contributed by atoms with E-state index in [-0.39, 0.29) is 0 Å². The average molecular weight is 226 g/mol. The zero-order valence-electron chi connectivity index (χ0n) is 11.8. The van der Waals surface area contributed by atoms with Gasteiger partial charge in [0.2, 0.25) is 0 Å². The molecule has 0 aromatic heterocycles. The molecule has 3 unspecified atom stereocenters. The highest BCUT2D eigenvalue weighted by molar-refractivity contribution is 4.79. The van der Waals surface area contributed by atoms with Crippen LogP contribution in [0.5, 0.6) is 0 Å². The van der Waals surface area contributed by atoms with Crippen LogP contribution in [0.25, 0.3) is 0 Å². The summed E-state index contributed by atoms with van der Waals surface area (Å²) in [6, 6.07) is 0.684. The first-order valence-corrected chi connectivity index (χ1v) is 6.93. The first-order chi connectivity index (χ1) is 7.49. The predicted octanol–water partition coefficient (Wildman–Crippen LogP) is 2.60. The van der Waals surface area contributed by atoms with Crippen LogP contribution in [0.15, 0.2) is 0 Å². The number of piperidine rings is 1. The maximum absolute atomic E-state index is 3.57. The third kappa shape index (κ3) is 4.84. The van der Waals surface area contributed by atoms with Crippen molar-refractivity contribution in [3.63, 3.8) is 0 Å². The topological polar surface area (TPSA) is 15.3 Å². The van der Waals surface area contributed by atoms with E-state index in [4.69, 9.17) is 0 Å². The van der Waals surface area contributed by atoms with Gasteiger partial charge in [0, 0.05) is 25.7 Å². The Bertz CT molecular complexity index is 181. The molecule has 1 aliphatic heterocycles. The third-order valence-corrected chi connectivity index (χ3v) is 3.51. The summed E-state index contributed by atoms with van der Waals surface area (Å²) in [7, 11) is 0. The summed E-state index contributed by atoms with van der Waals surface area (Å²) in [4.78, 5) is 2.66. The van der Waals surface area contributed by atoms with Gasteiger partial charge in [-0.3, -0.25) is 4.90 Å². The molecule has 3 atom stereocenters. The highest BCUT2D eigenvalue weighted by atomic mass is 15.2. The van der Waals surface area contributed by atoms with Crippen LogP contribution in [-0.4, -0.2) is 37.1 Å². The van der Waals surface area contributed by atoms with Gasteiger partial charge >= 0.3 is 0 Å². The molecule has 0 aromatic carbocycles. The molecule has 1 rings (SSSR count). The molecular formula is C14H30N2. The largest absolute Gasteiger partial charge is 0.315 e. The van der Waals surface area contributed by atoms with Gasteiger partial charge in [0.25, 0.3) is 0 Å². The Balaban J connectivity index is 2.26. The van der Waals surface area contributed by atoms with E-state index in [1.807, 2.05) is 0 Å². The molecule has 1 N–H and O–H groups in total. The lowest BCUT2D eigenvalue weighted by molar-refractivity contribution is 0.102. The second-order valence-corrected chi connectivity index (χ2v) is 6.30. The average Bonchev–Trinajstić information content (AvgIpc) is 2.15. The summed E-state index contributed by atoms with van der Waals surface area (Å²) in [6.07, 6.45) is 1.41. The van der Waals surface area contributed by atoms with Gasteiger partial charge in [-0.25, -0.2) is 0 Å². The minimum Gasteiger partial charge on any atom is -0.315 e. The van der Waals surface area contributed by atoms with Crippen molar-refractivity contribution >= 4 is 0 Å². The highest BCUT2D eigenvalue weighted by Gasteiger charge is 2.24. The third-order valence-electron chi connectivity index (χ3n) is 3.51. The number of hydrogen-bond donors (Lipinski definition) is 1. The van der Waals surface area contributed by atoms with Crippen molar-refractivity contribution in [3.8, 4) is 0 Å². The van der Waals surface area contributed by atoms with Crippen LogP contribution in [0.2, 0.25) is 0 Å². The predicted molar refractivity (Wildman–Crippen MR) is 71.7 cm³/mol. The van der Waals surface area contributed by atoms with Gasteiger partial charge in [-0.15, -0.1) is 0 Å². The van der Waals surface area contributed by atoms with E-state index in [2.05, 4.69) is 44.8 Å². The van der Waals surface area contributed by atoms with Crippen molar-refractivity contribution in [1.29, 1.82) is 0 Å². The fourth-order valence-electron chi connectivity index (χ4n) is 2.78. The van der Waals surface area contributed by atoms with Crippen LogP contribution in [0, 0.1) is 17.8 Å². The van der Waals surface area contributed by atoms with Crippen LogP contribution in [0.3, 0.4) is 0 Å². The molecule has 0 bridgehead atoms. The van der Waals surface area contributed by atoms with E-state index in [0.717, 1.165) is 30.8 Å². The molecule has 96 valence electrons. The molecule has 0 amide bonds. The fourth-order valence-corrected chi connectivity index (χ4v) is 2.78. The molecule has 0 aliphatic carbocycles. The lowest BCUT2D eigenvalue weighted by Crippen LogP contribution is -2.47. The van der Waals surface area contributed by atoms with Gasteiger partial charge in [-0.1, -0.05) is 27.7 Å². The molecule has 2 nitrogen and oxygen atoms in total. The zero-order chi connectivity index (χ0) is 12.1. The number of rotatable bonds is 5. The lowest BCUT2D eigenvalue weighted by Gasteiger charge is -2.39. The Hall–Kier alpha value is -0.0800. The van der Waals surface area contributed by atoms with E-state index in [1.165, 1.54) is 19.5 Å². The van der Waals surface area contributed by atoms with E-state index in [0.29, 0.717) is 6.04 Å². The second kappa shape index (κ2) is 6.61. The van der Waals surface area contributed by atoms with Gasteiger partial charge < -0.3 is 5.32 Å². The molecule has 2 heteroatoms. The smallest absolute Gasteiger partial charge is 0.0192 e. The van der Waals surface area contributed by atoms with Crippen molar-refractivity contribution in [2.45, 2.75) is 47.1 Å². The van der Waals surface area contributed by atoms with Gasteiger partial charge in [0.1, 0.15) is 0 Å². The van der Waals surface area contributed by atoms with Gasteiger partial charge in [-0.05, 0) is 37.6 Å². The molecule has 1 aliphatic rings.